The Morgan fingerprint density at radius 3 is 2.46 bits per heavy atom. The van der Waals surface area contributed by atoms with Gasteiger partial charge in [-0.3, -0.25) is 4.90 Å². The van der Waals surface area contributed by atoms with Crippen molar-refractivity contribution in [2.45, 2.75) is 65.1 Å². The van der Waals surface area contributed by atoms with E-state index in [1.165, 1.54) is 36.2 Å². The Labute approximate surface area is 296 Å². The highest BCUT2D eigenvalue weighted by Crippen LogP contribution is 2.47. The normalized spacial score (nSPS) is 20.7. The number of allylic oxidation sites excluding steroid dienone is 2. The van der Waals surface area contributed by atoms with Crippen molar-refractivity contribution in [1.82, 2.24) is 24.3 Å². The number of aliphatic hydroxyl groups excluding tert-OH is 1. The molecule has 0 aromatic carbocycles. The summed E-state index contributed by atoms with van der Waals surface area (Å²) in [5.41, 5.74) is 11.8. The third kappa shape index (κ3) is 5.58. The van der Waals surface area contributed by atoms with E-state index in [1.807, 2.05) is 37.5 Å². The molecule has 3 aromatic rings. The third-order valence-electron chi connectivity index (χ3n) is 11.6. The van der Waals surface area contributed by atoms with E-state index >= 15 is 0 Å². The molecule has 3 aliphatic heterocycles. The van der Waals surface area contributed by atoms with Gasteiger partial charge in [-0.15, -0.1) is 0 Å². The van der Waals surface area contributed by atoms with Crippen molar-refractivity contribution >= 4 is 34.3 Å². The molecule has 0 amide bonds. The van der Waals surface area contributed by atoms with Crippen LogP contribution in [-0.2, 0) is 26.0 Å². The highest BCUT2D eigenvalue weighted by atomic mass is 16.3. The van der Waals surface area contributed by atoms with Gasteiger partial charge in [0, 0.05) is 88.6 Å². The molecule has 1 saturated carbocycles. The lowest BCUT2D eigenvalue weighted by Crippen LogP contribution is -2.52. The zero-order chi connectivity index (χ0) is 34.7. The van der Waals surface area contributed by atoms with E-state index in [2.05, 4.69) is 81.3 Å². The average Bonchev–Trinajstić information content (AvgIpc) is 3.56. The van der Waals surface area contributed by atoms with Gasteiger partial charge in [0.1, 0.15) is 11.6 Å². The minimum Gasteiger partial charge on any atom is -0.392 e. The molecule has 50 heavy (non-hydrogen) atoms. The van der Waals surface area contributed by atoms with E-state index in [1.54, 1.807) is 0 Å². The van der Waals surface area contributed by atoms with E-state index in [4.69, 9.17) is 9.97 Å². The molecular weight excluding hydrogens is 623 g/mol. The van der Waals surface area contributed by atoms with Gasteiger partial charge in [0.2, 0.25) is 0 Å². The molecule has 8 rings (SSSR count). The Bertz CT molecular complexity index is 1860. The summed E-state index contributed by atoms with van der Waals surface area (Å²) in [4.78, 5) is 18.9. The average molecular weight is 674 g/mol. The maximum absolute atomic E-state index is 10.9. The molecule has 0 unspecified atom stereocenters. The number of pyridine rings is 2. The lowest BCUT2D eigenvalue weighted by atomic mass is 9.90. The zero-order valence-corrected chi connectivity index (χ0v) is 30.1. The van der Waals surface area contributed by atoms with E-state index in [0.717, 1.165) is 115 Å². The molecule has 10 nitrogen and oxygen atoms in total. The van der Waals surface area contributed by atoms with Crippen LogP contribution in [0, 0.1) is 5.41 Å². The number of piperazine rings is 1. The fourth-order valence-electron chi connectivity index (χ4n) is 8.65. The highest BCUT2D eigenvalue weighted by molar-refractivity contribution is 5.88. The second-order valence-electron chi connectivity index (χ2n) is 15.3. The first-order chi connectivity index (χ1) is 24.2. The number of nitrogens with one attached hydrogen (secondary N) is 2. The topological polar surface area (TPSA) is 88.0 Å². The van der Waals surface area contributed by atoms with Crippen LogP contribution in [-0.4, -0.2) is 82.3 Å². The van der Waals surface area contributed by atoms with Crippen molar-refractivity contribution in [3.8, 4) is 0 Å². The van der Waals surface area contributed by atoms with E-state index in [9.17, 15) is 5.11 Å². The highest BCUT2D eigenvalue weighted by Gasteiger charge is 2.39. The van der Waals surface area contributed by atoms with Crippen molar-refractivity contribution < 1.29 is 5.11 Å². The number of nitrogens with zero attached hydrogens (tertiary/aromatic N) is 7. The van der Waals surface area contributed by atoms with Crippen LogP contribution in [0.25, 0.3) is 11.3 Å². The summed E-state index contributed by atoms with van der Waals surface area (Å²) in [5.74, 6) is 1.51. The van der Waals surface area contributed by atoms with Gasteiger partial charge in [0.05, 0.1) is 47.0 Å². The molecule has 3 N–H and O–H groups in total. The predicted octanol–water partition coefficient (Wildman–Crippen LogP) is 5.90. The molecule has 2 fully saturated rings. The smallest absolute Gasteiger partial charge is 0.139 e. The van der Waals surface area contributed by atoms with E-state index in [0.29, 0.717) is 0 Å². The molecule has 0 bridgehead atoms. The second-order valence-corrected chi connectivity index (χ2v) is 15.3. The molecular formula is C40H51N9O. The molecule has 0 atom stereocenters. The second kappa shape index (κ2) is 12.7. The molecule has 6 heterocycles. The quantitative estimate of drug-likeness (QED) is 0.271. The Kier molecular flexibility index (Phi) is 8.26. The first-order valence-electron chi connectivity index (χ1n) is 18.2. The van der Waals surface area contributed by atoms with Crippen molar-refractivity contribution in [1.29, 1.82) is 0 Å². The minimum atomic E-state index is -0.149. The lowest BCUT2D eigenvalue weighted by Gasteiger charge is -2.43. The molecule has 5 aliphatic rings. The van der Waals surface area contributed by atoms with Gasteiger partial charge in [-0.05, 0) is 66.5 Å². The summed E-state index contributed by atoms with van der Waals surface area (Å²) >= 11 is 0. The Morgan fingerprint density at radius 1 is 0.980 bits per heavy atom. The molecule has 1 saturated heterocycles. The van der Waals surface area contributed by atoms with E-state index < -0.39 is 0 Å². The van der Waals surface area contributed by atoms with Gasteiger partial charge >= 0.3 is 0 Å². The van der Waals surface area contributed by atoms with Crippen LogP contribution in [0.4, 0.5) is 23.0 Å². The van der Waals surface area contributed by atoms with Crippen LogP contribution in [0.15, 0.2) is 67.4 Å². The number of aliphatic hydroxyl groups is 1. The van der Waals surface area contributed by atoms with Gasteiger partial charge in [-0.25, -0.2) is 9.97 Å². The first-order valence-corrected chi connectivity index (χ1v) is 18.2. The SMILES string of the molecule is C=C1C(Nc2ccc(N3CCN(C4CCC4)CC3)cn2)=CC(c2ccnc(N3CCn4c5c(c(NC)c4C3=C)CC(C)(C)C5)c2CO)=CN1C. The number of likely N-dealkylation sites (N-methyl/N-ethyl adjacent to an activating group) is 1. The van der Waals surface area contributed by atoms with Crippen LogP contribution < -0.4 is 20.4 Å². The Hall–Kier alpha value is -4.54. The zero-order valence-electron chi connectivity index (χ0n) is 30.1. The lowest BCUT2D eigenvalue weighted by molar-refractivity contribution is 0.120. The summed E-state index contributed by atoms with van der Waals surface area (Å²) in [5, 5.41) is 17.9. The summed E-state index contributed by atoms with van der Waals surface area (Å²) in [6, 6.07) is 7.01. The number of rotatable bonds is 8. The standard InChI is InChI=1S/C40H51N9O/c1-26-34(44-36-11-10-30(23-43-36)47-16-14-46(15-17-47)29-8-7-9-29)20-28(24-45(26)6)31-12-13-42-39(33(31)25-50)48-18-19-49-35-22-40(3,4)21-32(35)37(41-5)38(49)27(48)2/h10-13,20,23-24,29,41,50H,1-2,7-9,14-19,21-22,25H2,3-6H3,(H,43,44). The Balaban J connectivity index is 1.03. The maximum atomic E-state index is 10.9. The number of hydrogen-bond donors (Lipinski definition) is 3. The fraction of sp³-hybridized carbons (Fsp3) is 0.450. The largest absolute Gasteiger partial charge is 0.392 e. The summed E-state index contributed by atoms with van der Waals surface area (Å²) < 4.78 is 2.46. The van der Waals surface area contributed by atoms with Gasteiger partial charge in [0.15, 0.2) is 0 Å². The molecule has 0 radical (unpaired) electrons. The molecule has 10 heteroatoms. The minimum absolute atomic E-state index is 0.149. The fourth-order valence-corrected chi connectivity index (χ4v) is 8.65. The molecule has 2 aliphatic carbocycles. The van der Waals surface area contributed by atoms with Crippen LogP contribution in [0.3, 0.4) is 0 Å². The van der Waals surface area contributed by atoms with Gasteiger partial charge in [0.25, 0.3) is 0 Å². The number of anilines is 4. The van der Waals surface area contributed by atoms with Crippen LogP contribution in [0.5, 0.6) is 0 Å². The van der Waals surface area contributed by atoms with Crippen molar-refractivity contribution in [3.63, 3.8) is 0 Å². The summed E-state index contributed by atoms with van der Waals surface area (Å²) in [6.07, 6.45) is 14.2. The predicted molar refractivity (Wildman–Crippen MR) is 204 cm³/mol. The Morgan fingerprint density at radius 2 is 1.78 bits per heavy atom. The third-order valence-corrected chi connectivity index (χ3v) is 11.6. The first kappa shape index (κ1) is 32.7. The summed E-state index contributed by atoms with van der Waals surface area (Å²) in [6.45, 7) is 19.4. The van der Waals surface area contributed by atoms with Gasteiger partial charge in [-0.2, -0.15) is 0 Å². The van der Waals surface area contributed by atoms with Crippen molar-refractivity contribution in [3.05, 3.63) is 95.5 Å². The molecule has 3 aromatic heterocycles. The maximum Gasteiger partial charge on any atom is 0.139 e. The van der Waals surface area contributed by atoms with Gasteiger partial charge in [-0.1, -0.05) is 33.4 Å². The molecule has 262 valence electrons. The molecule has 0 spiro atoms. The summed E-state index contributed by atoms with van der Waals surface area (Å²) in [7, 11) is 4.00. The van der Waals surface area contributed by atoms with Gasteiger partial charge < -0.3 is 35.0 Å². The van der Waals surface area contributed by atoms with Crippen LogP contribution >= 0.6 is 0 Å². The number of aromatic nitrogens is 3. The van der Waals surface area contributed by atoms with Crippen molar-refractivity contribution in [2.75, 3.05) is 67.3 Å². The van der Waals surface area contributed by atoms with Crippen molar-refractivity contribution in [2.24, 2.45) is 5.41 Å². The van der Waals surface area contributed by atoms with Crippen LogP contribution in [0.1, 0.15) is 61.2 Å². The monoisotopic (exact) mass is 673 g/mol. The van der Waals surface area contributed by atoms with E-state index in [-0.39, 0.29) is 12.0 Å². The van der Waals surface area contributed by atoms with Crippen LogP contribution in [0.2, 0.25) is 0 Å². The number of hydrogen-bond acceptors (Lipinski definition) is 9. The number of fused-ring (bicyclic) bond motifs is 3.